The standard InChI is InChI=1S/C28H33NO7/c1-13-11-27-14(2)8-19-21(26(19,3)4)18(23(27)32)9-15(12-30)22(31)28(27,33)24(13)35-25-17-7-6-16(34-5)10-20(17)36-29-25/h6-7,9-11,14,18-19,21-22,24,30-31,33H,8,12H2,1-5H3/t14-,18+,19-,21+,22-,24+,27+,28+/m1/s1. The number of rotatable bonds is 4. The molecule has 4 aliphatic carbocycles. The summed E-state index contributed by atoms with van der Waals surface area (Å²) in [6.45, 7) is 7.67. The maximum atomic E-state index is 14.4. The highest BCUT2D eigenvalue weighted by molar-refractivity contribution is 5.95. The first-order valence-electron chi connectivity index (χ1n) is 12.6. The molecule has 8 nitrogen and oxygen atoms in total. The van der Waals surface area contributed by atoms with Crippen LogP contribution in [0.2, 0.25) is 0 Å². The van der Waals surface area contributed by atoms with Gasteiger partial charge in [-0.3, -0.25) is 4.79 Å². The fourth-order valence-electron chi connectivity index (χ4n) is 7.81. The second-order valence-corrected chi connectivity index (χ2v) is 11.7. The smallest absolute Gasteiger partial charge is 0.262 e. The number of Topliss-reactive ketones (excluding diaryl/α,β-unsaturated/α-hetero) is 1. The van der Waals surface area contributed by atoms with E-state index in [0.717, 1.165) is 6.42 Å². The van der Waals surface area contributed by atoms with Gasteiger partial charge in [-0.2, -0.15) is 0 Å². The van der Waals surface area contributed by atoms with Gasteiger partial charge in [0.1, 0.15) is 11.9 Å². The molecule has 0 amide bonds. The van der Waals surface area contributed by atoms with Gasteiger partial charge in [-0.15, -0.1) is 0 Å². The van der Waals surface area contributed by atoms with Crippen LogP contribution in [0.4, 0.5) is 0 Å². The normalized spacial score (nSPS) is 40.5. The number of aromatic nitrogens is 1. The van der Waals surface area contributed by atoms with Crippen LogP contribution in [0.5, 0.6) is 11.6 Å². The van der Waals surface area contributed by atoms with Gasteiger partial charge in [0.25, 0.3) is 5.88 Å². The molecule has 1 heterocycles. The maximum absolute atomic E-state index is 14.4. The topological polar surface area (TPSA) is 122 Å². The minimum atomic E-state index is -2.03. The van der Waals surface area contributed by atoms with Crippen molar-refractivity contribution in [3.8, 4) is 11.6 Å². The SMILES string of the molecule is COc1ccc2c(O[C@H]3C(C)=C[C@]45C(=O)[C@@H](C=C(CO)[C@@H](O)[C@]34O)[C@H]3[C@@H](C[C@H]5C)C3(C)C)noc2c1. The monoisotopic (exact) mass is 495 g/mol. The Morgan fingerprint density at radius 3 is 2.72 bits per heavy atom. The van der Waals surface area contributed by atoms with Gasteiger partial charge in [-0.05, 0) is 64.9 Å². The number of hydrogen-bond acceptors (Lipinski definition) is 8. The number of ketones is 1. The van der Waals surface area contributed by atoms with Crippen molar-refractivity contribution >= 4 is 16.8 Å². The summed E-state index contributed by atoms with van der Waals surface area (Å²) in [5, 5.41) is 39.1. The lowest BCUT2D eigenvalue weighted by Crippen LogP contribution is -2.66. The van der Waals surface area contributed by atoms with Crippen molar-refractivity contribution in [1.29, 1.82) is 0 Å². The third kappa shape index (κ3) is 2.70. The third-order valence-electron chi connectivity index (χ3n) is 9.77. The zero-order chi connectivity index (χ0) is 25.8. The number of fused-ring (bicyclic) bond motifs is 4. The van der Waals surface area contributed by atoms with Crippen LogP contribution < -0.4 is 9.47 Å². The number of nitrogens with zero attached hydrogens (tertiary/aromatic N) is 1. The zero-order valence-corrected chi connectivity index (χ0v) is 21.2. The van der Waals surface area contributed by atoms with Gasteiger partial charge < -0.3 is 29.3 Å². The Morgan fingerprint density at radius 1 is 1.28 bits per heavy atom. The molecule has 0 radical (unpaired) electrons. The van der Waals surface area contributed by atoms with Crippen molar-refractivity contribution in [2.45, 2.75) is 51.9 Å². The van der Waals surface area contributed by atoms with Gasteiger partial charge >= 0.3 is 0 Å². The molecule has 6 rings (SSSR count). The van der Waals surface area contributed by atoms with Gasteiger partial charge in [0.15, 0.2) is 23.1 Å². The molecule has 8 atom stereocenters. The Bertz CT molecular complexity index is 1320. The largest absolute Gasteiger partial charge is 0.497 e. The van der Waals surface area contributed by atoms with Crippen molar-refractivity contribution in [1.82, 2.24) is 5.16 Å². The number of carbonyl (C=O) groups excluding carboxylic acids is 1. The van der Waals surface area contributed by atoms with E-state index in [-0.39, 0.29) is 34.5 Å². The van der Waals surface area contributed by atoms with E-state index in [1.165, 1.54) is 0 Å². The highest BCUT2D eigenvalue weighted by Gasteiger charge is 2.76. The Balaban J connectivity index is 1.49. The van der Waals surface area contributed by atoms with Crippen LogP contribution in [0.15, 0.2) is 46.0 Å². The van der Waals surface area contributed by atoms with E-state index in [1.54, 1.807) is 38.3 Å². The Labute approximate surface area is 209 Å². The van der Waals surface area contributed by atoms with Crippen LogP contribution in [-0.4, -0.2) is 57.8 Å². The fourth-order valence-corrected chi connectivity index (χ4v) is 7.81. The second kappa shape index (κ2) is 7.43. The molecule has 4 aliphatic rings. The van der Waals surface area contributed by atoms with Crippen LogP contribution >= 0.6 is 0 Å². The first kappa shape index (κ1) is 23.7. The number of aliphatic hydroxyl groups excluding tert-OH is 2. The van der Waals surface area contributed by atoms with Crippen LogP contribution in [0.25, 0.3) is 11.0 Å². The third-order valence-corrected chi connectivity index (χ3v) is 9.77. The van der Waals surface area contributed by atoms with E-state index in [4.69, 9.17) is 14.0 Å². The van der Waals surface area contributed by atoms with E-state index in [9.17, 15) is 20.1 Å². The maximum Gasteiger partial charge on any atom is 0.262 e. The summed E-state index contributed by atoms with van der Waals surface area (Å²) in [5.74, 6) is 0.309. The van der Waals surface area contributed by atoms with Gasteiger partial charge in [-0.25, -0.2) is 0 Å². The molecule has 8 heteroatoms. The first-order chi connectivity index (χ1) is 17.0. The highest BCUT2D eigenvalue weighted by atomic mass is 16.6. The minimum Gasteiger partial charge on any atom is -0.497 e. The predicted octanol–water partition coefficient (Wildman–Crippen LogP) is 3.05. The minimum absolute atomic E-state index is 0.0192. The van der Waals surface area contributed by atoms with Crippen LogP contribution in [0.1, 0.15) is 34.1 Å². The van der Waals surface area contributed by atoms with E-state index in [1.807, 2.05) is 13.0 Å². The molecule has 2 bridgehead atoms. The van der Waals surface area contributed by atoms with Gasteiger partial charge in [0.2, 0.25) is 0 Å². The molecule has 1 aromatic heterocycles. The van der Waals surface area contributed by atoms with Crippen LogP contribution in [-0.2, 0) is 4.79 Å². The van der Waals surface area contributed by atoms with Crippen molar-refractivity contribution in [2.24, 2.45) is 34.5 Å². The van der Waals surface area contributed by atoms with Crippen LogP contribution in [0, 0.1) is 34.5 Å². The Morgan fingerprint density at radius 2 is 2.03 bits per heavy atom. The van der Waals surface area contributed by atoms with Crippen LogP contribution in [0.3, 0.4) is 0 Å². The molecule has 2 fully saturated rings. The van der Waals surface area contributed by atoms with Crippen molar-refractivity contribution in [3.63, 3.8) is 0 Å². The fraction of sp³-hybridized carbons (Fsp3) is 0.571. The number of hydrogen-bond donors (Lipinski definition) is 3. The molecular weight excluding hydrogens is 462 g/mol. The molecule has 192 valence electrons. The molecule has 0 unspecified atom stereocenters. The lowest BCUT2D eigenvalue weighted by Gasteiger charge is -2.48. The number of carbonyl (C=O) groups is 1. The summed E-state index contributed by atoms with van der Waals surface area (Å²) in [6.07, 6.45) is 1.70. The average Bonchev–Trinajstić information content (AvgIpc) is 3.13. The van der Waals surface area contributed by atoms with Crippen molar-refractivity contribution < 1.29 is 34.1 Å². The number of allylic oxidation sites excluding steroid dienone is 1. The van der Waals surface area contributed by atoms with E-state index < -0.39 is 35.7 Å². The molecule has 36 heavy (non-hydrogen) atoms. The number of aliphatic hydroxyl groups is 3. The number of methoxy groups -OCH3 is 1. The summed E-state index contributed by atoms with van der Waals surface area (Å²) in [4.78, 5) is 14.4. The molecule has 2 aromatic rings. The summed E-state index contributed by atoms with van der Waals surface area (Å²) < 4.78 is 17.0. The summed E-state index contributed by atoms with van der Waals surface area (Å²) >= 11 is 0. The van der Waals surface area contributed by atoms with Gasteiger partial charge in [0.05, 0.1) is 24.5 Å². The lowest BCUT2D eigenvalue weighted by atomic mass is 9.59. The lowest BCUT2D eigenvalue weighted by molar-refractivity contribution is -0.186. The summed E-state index contributed by atoms with van der Waals surface area (Å²) in [7, 11) is 1.56. The van der Waals surface area contributed by atoms with Gasteiger partial charge in [0, 0.05) is 12.0 Å². The van der Waals surface area contributed by atoms with E-state index >= 15 is 0 Å². The number of ether oxygens (including phenoxy) is 2. The summed E-state index contributed by atoms with van der Waals surface area (Å²) in [5.41, 5.74) is -2.09. The molecule has 1 spiro atoms. The van der Waals surface area contributed by atoms with Crippen molar-refractivity contribution in [2.75, 3.05) is 13.7 Å². The van der Waals surface area contributed by atoms with Gasteiger partial charge in [-0.1, -0.05) is 32.9 Å². The Hall–Kier alpha value is -2.68. The van der Waals surface area contributed by atoms with Crippen molar-refractivity contribution in [3.05, 3.63) is 41.5 Å². The molecule has 0 aliphatic heterocycles. The highest BCUT2D eigenvalue weighted by Crippen LogP contribution is 2.71. The first-order valence-corrected chi connectivity index (χ1v) is 12.6. The summed E-state index contributed by atoms with van der Waals surface area (Å²) in [6, 6.07) is 5.19. The molecule has 0 saturated heterocycles. The van der Waals surface area contributed by atoms with E-state index in [0.29, 0.717) is 28.2 Å². The molecule has 3 N–H and O–H groups in total. The van der Waals surface area contributed by atoms with E-state index in [2.05, 4.69) is 19.0 Å². The average molecular weight is 496 g/mol. The molecule has 1 aromatic carbocycles. The second-order valence-electron chi connectivity index (χ2n) is 11.7. The zero-order valence-electron chi connectivity index (χ0n) is 21.2. The Kier molecular flexibility index (Phi) is 4.89. The number of benzene rings is 1. The quantitative estimate of drug-likeness (QED) is 0.554. The molecule has 2 saturated carbocycles. The predicted molar refractivity (Wildman–Crippen MR) is 130 cm³/mol. The molecular formula is C28H33NO7.